The molecule has 0 heterocycles. The standard InChI is InChI=1S/C13H21FN2O2S/c1-9(2)6-12(15)8-16-19(17,18)13-7-11(14)5-4-10(13)3/h4-5,7,9,12,16H,6,8,15H2,1-3H3. The van der Waals surface area contributed by atoms with Crippen molar-refractivity contribution in [3.63, 3.8) is 0 Å². The molecule has 0 aliphatic rings. The normalized spacial score (nSPS) is 13.8. The van der Waals surface area contributed by atoms with E-state index < -0.39 is 15.8 Å². The molecule has 19 heavy (non-hydrogen) atoms. The van der Waals surface area contributed by atoms with Gasteiger partial charge in [-0.05, 0) is 37.0 Å². The molecule has 0 aromatic heterocycles. The molecule has 0 amide bonds. The fourth-order valence-corrected chi connectivity index (χ4v) is 3.20. The minimum atomic E-state index is -3.71. The highest BCUT2D eigenvalue weighted by atomic mass is 32.2. The summed E-state index contributed by atoms with van der Waals surface area (Å²) < 4.78 is 39.7. The van der Waals surface area contributed by atoms with Crippen LogP contribution in [-0.4, -0.2) is 21.0 Å². The van der Waals surface area contributed by atoms with E-state index in [-0.39, 0.29) is 17.5 Å². The average Bonchev–Trinajstić information content (AvgIpc) is 2.29. The van der Waals surface area contributed by atoms with Crippen molar-refractivity contribution in [2.24, 2.45) is 11.7 Å². The van der Waals surface area contributed by atoms with Gasteiger partial charge in [0.2, 0.25) is 10.0 Å². The molecule has 1 atom stereocenters. The predicted molar refractivity (Wildman–Crippen MR) is 73.8 cm³/mol. The van der Waals surface area contributed by atoms with E-state index in [1.807, 2.05) is 13.8 Å². The Morgan fingerprint density at radius 1 is 1.37 bits per heavy atom. The third-order valence-corrected chi connectivity index (χ3v) is 4.31. The second-order valence-electron chi connectivity index (χ2n) is 5.15. The van der Waals surface area contributed by atoms with E-state index in [1.165, 1.54) is 12.1 Å². The SMILES string of the molecule is Cc1ccc(F)cc1S(=O)(=O)NCC(N)CC(C)C. The van der Waals surface area contributed by atoms with Gasteiger partial charge < -0.3 is 5.73 Å². The zero-order valence-electron chi connectivity index (χ0n) is 11.5. The van der Waals surface area contributed by atoms with Crippen molar-refractivity contribution in [1.82, 2.24) is 4.72 Å². The van der Waals surface area contributed by atoms with Gasteiger partial charge in [-0.2, -0.15) is 0 Å². The second-order valence-corrected chi connectivity index (χ2v) is 6.89. The molecule has 1 rings (SSSR count). The fraction of sp³-hybridized carbons (Fsp3) is 0.538. The summed E-state index contributed by atoms with van der Waals surface area (Å²) >= 11 is 0. The van der Waals surface area contributed by atoms with Gasteiger partial charge in [-0.3, -0.25) is 0 Å². The van der Waals surface area contributed by atoms with Crippen LogP contribution in [0.15, 0.2) is 23.1 Å². The monoisotopic (exact) mass is 288 g/mol. The summed E-state index contributed by atoms with van der Waals surface area (Å²) in [5, 5.41) is 0. The van der Waals surface area contributed by atoms with E-state index >= 15 is 0 Å². The van der Waals surface area contributed by atoms with Crippen molar-refractivity contribution in [3.05, 3.63) is 29.6 Å². The van der Waals surface area contributed by atoms with Crippen LogP contribution in [0.2, 0.25) is 0 Å². The Kier molecular flexibility index (Phi) is 5.46. The summed E-state index contributed by atoms with van der Waals surface area (Å²) in [7, 11) is -3.71. The maximum Gasteiger partial charge on any atom is 0.240 e. The maximum atomic E-state index is 13.1. The minimum Gasteiger partial charge on any atom is -0.327 e. The number of nitrogens with one attached hydrogen (secondary N) is 1. The molecule has 108 valence electrons. The summed E-state index contributed by atoms with van der Waals surface area (Å²) in [6.45, 7) is 5.81. The third-order valence-electron chi connectivity index (χ3n) is 2.75. The molecule has 0 radical (unpaired) electrons. The van der Waals surface area contributed by atoms with Crippen LogP contribution in [0.1, 0.15) is 25.8 Å². The van der Waals surface area contributed by atoms with Crippen molar-refractivity contribution in [2.75, 3.05) is 6.54 Å². The number of rotatable bonds is 6. The molecule has 1 aromatic carbocycles. The van der Waals surface area contributed by atoms with Crippen LogP contribution in [0.25, 0.3) is 0 Å². The molecule has 0 aliphatic carbocycles. The fourth-order valence-electron chi connectivity index (χ4n) is 1.85. The Labute approximate surface area is 114 Å². The Balaban J connectivity index is 2.79. The lowest BCUT2D eigenvalue weighted by atomic mass is 10.1. The van der Waals surface area contributed by atoms with Crippen LogP contribution in [0.3, 0.4) is 0 Å². The van der Waals surface area contributed by atoms with Crippen LogP contribution in [0.5, 0.6) is 0 Å². The van der Waals surface area contributed by atoms with Gasteiger partial charge in [0, 0.05) is 12.6 Å². The molecule has 0 bridgehead atoms. The highest BCUT2D eigenvalue weighted by Crippen LogP contribution is 2.16. The molecular weight excluding hydrogens is 267 g/mol. The highest BCUT2D eigenvalue weighted by molar-refractivity contribution is 7.89. The number of sulfonamides is 1. The summed E-state index contributed by atoms with van der Waals surface area (Å²) in [6.07, 6.45) is 0.727. The first-order chi connectivity index (χ1) is 8.72. The predicted octanol–water partition coefficient (Wildman–Crippen LogP) is 1.79. The van der Waals surface area contributed by atoms with E-state index in [0.717, 1.165) is 12.5 Å². The van der Waals surface area contributed by atoms with Crippen LogP contribution < -0.4 is 10.5 Å². The largest absolute Gasteiger partial charge is 0.327 e. The Hall–Kier alpha value is -0.980. The van der Waals surface area contributed by atoms with Gasteiger partial charge >= 0.3 is 0 Å². The van der Waals surface area contributed by atoms with Crippen molar-refractivity contribution >= 4 is 10.0 Å². The summed E-state index contributed by atoms with van der Waals surface area (Å²) in [5.74, 6) is -0.173. The lowest BCUT2D eigenvalue weighted by Crippen LogP contribution is -2.38. The smallest absolute Gasteiger partial charge is 0.240 e. The van der Waals surface area contributed by atoms with Crippen molar-refractivity contribution in [1.29, 1.82) is 0 Å². The number of hydrogen-bond acceptors (Lipinski definition) is 3. The average molecular weight is 288 g/mol. The number of nitrogens with two attached hydrogens (primary N) is 1. The molecule has 3 N–H and O–H groups in total. The lowest BCUT2D eigenvalue weighted by molar-refractivity contribution is 0.485. The molecule has 0 fully saturated rings. The second kappa shape index (κ2) is 6.45. The topological polar surface area (TPSA) is 72.2 Å². The summed E-state index contributed by atoms with van der Waals surface area (Å²) in [5.41, 5.74) is 6.33. The van der Waals surface area contributed by atoms with Crippen LogP contribution in [0.4, 0.5) is 4.39 Å². The van der Waals surface area contributed by atoms with Crippen LogP contribution in [-0.2, 0) is 10.0 Å². The quantitative estimate of drug-likeness (QED) is 0.838. The highest BCUT2D eigenvalue weighted by Gasteiger charge is 2.18. The molecule has 0 saturated heterocycles. The molecule has 0 aliphatic heterocycles. The zero-order valence-corrected chi connectivity index (χ0v) is 12.3. The summed E-state index contributed by atoms with van der Waals surface area (Å²) in [4.78, 5) is -0.0377. The molecular formula is C13H21FN2O2S. The van der Waals surface area contributed by atoms with Crippen LogP contribution >= 0.6 is 0 Å². The molecule has 6 heteroatoms. The number of halogens is 1. The van der Waals surface area contributed by atoms with Gasteiger partial charge in [-0.15, -0.1) is 0 Å². The molecule has 1 aromatic rings. The number of benzene rings is 1. The van der Waals surface area contributed by atoms with Gasteiger partial charge in [0.15, 0.2) is 0 Å². The Bertz CT molecular complexity index is 529. The van der Waals surface area contributed by atoms with Crippen molar-refractivity contribution < 1.29 is 12.8 Å². The van der Waals surface area contributed by atoms with Gasteiger partial charge in [-0.1, -0.05) is 19.9 Å². The molecule has 0 saturated carbocycles. The Morgan fingerprint density at radius 2 is 2.00 bits per heavy atom. The third kappa shape index (κ3) is 4.89. The van der Waals surface area contributed by atoms with E-state index in [1.54, 1.807) is 6.92 Å². The van der Waals surface area contributed by atoms with E-state index in [4.69, 9.17) is 5.73 Å². The van der Waals surface area contributed by atoms with Crippen LogP contribution in [0, 0.1) is 18.7 Å². The molecule has 0 spiro atoms. The van der Waals surface area contributed by atoms with Gasteiger partial charge in [0.1, 0.15) is 5.82 Å². The number of aryl methyl sites for hydroxylation is 1. The van der Waals surface area contributed by atoms with Gasteiger partial charge in [-0.25, -0.2) is 17.5 Å². The van der Waals surface area contributed by atoms with E-state index in [9.17, 15) is 12.8 Å². The molecule has 4 nitrogen and oxygen atoms in total. The first-order valence-electron chi connectivity index (χ1n) is 6.23. The first-order valence-corrected chi connectivity index (χ1v) is 7.72. The lowest BCUT2D eigenvalue weighted by Gasteiger charge is -2.15. The Morgan fingerprint density at radius 3 is 2.58 bits per heavy atom. The van der Waals surface area contributed by atoms with Crippen molar-refractivity contribution in [2.45, 2.75) is 38.1 Å². The van der Waals surface area contributed by atoms with Crippen molar-refractivity contribution in [3.8, 4) is 0 Å². The van der Waals surface area contributed by atoms with E-state index in [2.05, 4.69) is 4.72 Å². The zero-order chi connectivity index (χ0) is 14.6. The van der Waals surface area contributed by atoms with Gasteiger partial charge in [0.25, 0.3) is 0 Å². The minimum absolute atomic E-state index is 0.0377. The van der Waals surface area contributed by atoms with E-state index in [0.29, 0.717) is 11.5 Å². The van der Waals surface area contributed by atoms with Gasteiger partial charge in [0.05, 0.1) is 4.90 Å². The summed E-state index contributed by atoms with van der Waals surface area (Å²) in [6, 6.07) is 3.45. The first kappa shape index (κ1) is 16.1. The maximum absolute atomic E-state index is 13.1. The molecule has 1 unspecified atom stereocenters. The number of hydrogen-bond donors (Lipinski definition) is 2.